The van der Waals surface area contributed by atoms with Crippen molar-refractivity contribution in [3.05, 3.63) is 6.92 Å². The van der Waals surface area contributed by atoms with Crippen LogP contribution >= 0.6 is 24.0 Å². The molecule has 0 heterocycles. The molecule has 0 N–H and O–H groups in total. The summed E-state index contributed by atoms with van der Waals surface area (Å²) in [6.45, 7) is 7.74. The summed E-state index contributed by atoms with van der Waals surface area (Å²) in [4.78, 5) is 11.4. The molecule has 4 heteroatoms. The second kappa shape index (κ2) is 5.03. The first-order chi connectivity index (χ1) is 6.49. The van der Waals surface area contributed by atoms with Crippen LogP contribution in [-0.4, -0.2) is 21.5 Å². The molecule has 2 unspecified atom stereocenters. The van der Waals surface area contributed by atoms with Crippen molar-refractivity contribution in [2.75, 3.05) is 0 Å². The molecule has 1 aliphatic carbocycles. The smallest absolute Gasteiger partial charge is 0.220 e. The molecule has 78 valence electrons. The molecular formula is C10H15O2S2+. The zero-order valence-electron chi connectivity index (χ0n) is 8.49. The van der Waals surface area contributed by atoms with Crippen LogP contribution in [0.5, 0.6) is 0 Å². The maximum atomic E-state index is 11.4. The second-order valence-electron chi connectivity index (χ2n) is 3.80. The number of hydrogen-bond acceptors (Lipinski definition) is 4. The minimum atomic E-state index is -0.0243. The minimum Gasteiger partial charge on any atom is -0.476 e. The van der Waals surface area contributed by atoms with Crippen molar-refractivity contribution < 1.29 is 9.53 Å². The first-order valence-electron chi connectivity index (χ1n) is 4.72. The van der Waals surface area contributed by atoms with Gasteiger partial charge in [-0.25, -0.2) is 0 Å². The largest absolute Gasteiger partial charge is 0.476 e. The highest BCUT2D eigenvalue weighted by molar-refractivity contribution is 8.23. The Labute approximate surface area is 94.8 Å². The molecule has 0 amide bonds. The van der Waals surface area contributed by atoms with E-state index in [2.05, 4.69) is 6.92 Å². The van der Waals surface area contributed by atoms with Crippen LogP contribution in [0.3, 0.4) is 0 Å². The number of ether oxygens (including phenoxy) is 1. The summed E-state index contributed by atoms with van der Waals surface area (Å²) >= 11 is 6.39. The summed E-state index contributed by atoms with van der Waals surface area (Å²) < 4.78 is 5.80. The van der Waals surface area contributed by atoms with Crippen LogP contribution in [0.4, 0.5) is 0 Å². The zero-order valence-corrected chi connectivity index (χ0v) is 10.1. The number of ketones is 1. The van der Waals surface area contributed by atoms with E-state index in [1.165, 1.54) is 11.8 Å². The van der Waals surface area contributed by atoms with Gasteiger partial charge in [0.2, 0.25) is 4.38 Å². The molecule has 1 rings (SSSR count). The summed E-state index contributed by atoms with van der Waals surface area (Å²) in [5.41, 5.74) is 0. The molecule has 0 radical (unpaired) electrons. The molecule has 2 nitrogen and oxygen atoms in total. The summed E-state index contributed by atoms with van der Waals surface area (Å²) in [6.07, 6.45) is 1.50. The van der Waals surface area contributed by atoms with Crippen LogP contribution in [0.15, 0.2) is 0 Å². The van der Waals surface area contributed by atoms with Gasteiger partial charge in [0.25, 0.3) is 0 Å². The van der Waals surface area contributed by atoms with E-state index in [0.717, 1.165) is 6.42 Å². The van der Waals surface area contributed by atoms with Crippen LogP contribution in [0, 0.1) is 12.8 Å². The number of rotatable bonds is 2. The Balaban J connectivity index is 2.37. The second-order valence-corrected chi connectivity index (χ2v) is 5.60. The van der Waals surface area contributed by atoms with Crippen LogP contribution < -0.4 is 0 Å². The predicted octanol–water partition coefficient (Wildman–Crippen LogP) is 2.61. The number of thiocarbonyl (C=S) groups is 1. The fourth-order valence-electron chi connectivity index (χ4n) is 1.38. The monoisotopic (exact) mass is 231 g/mol. The maximum absolute atomic E-state index is 11.4. The lowest BCUT2D eigenvalue weighted by atomic mass is 10.1. The number of carbonyl (C=O) groups is 1. The molecule has 0 spiro atoms. The molecule has 0 aliphatic heterocycles. The number of carbonyl (C=O) groups excluding carboxylic acids is 1. The van der Waals surface area contributed by atoms with Crippen LogP contribution in [0.25, 0.3) is 0 Å². The van der Waals surface area contributed by atoms with E-state index in [0.29, 0.717) is 10.8 Å². The van der Waals surface area contributed by atoms with Crippen LogP contribution in [-0.2, 0) is 9.53 Å². The molecule has 1 fully saturated rings. The Morgan fingerprint density at radius 1 is 1.71 bits per heavy atom. The van der Waals surface area contributed by atoms with Crippen molar-refractivity contribution in [1.82, 2.24) is 0 Å². The van der Waals surface area contributed by atoms with Gasteiger partial charge in [0, 0.05) is 6.42 Å². The predicted molar refractivity (Wildman–Crippen MR) is 63.3 cm³/mol. The van der Waals surface area contributed by atoms with E-state index < -0.39 is 0 Å². The van der Waals surface area contributed by atoms with Gasteiger partial charge < -0.3 is 4.74 Å². The van der Waals surface area contributed by atoms with E-state index in [9.17, 15) is 4.79 Å². The Morgan fingerprint density at radius 3 is 2.79 bits per heavy atom. The standard InChI is InChI=1S/C10H15O2S2/c1-6(2)12-10(13)14-9-5-7(3)4-8(9)11/h6-7,9H,3-5H2,1-2H3/q+1. The third-order valence-electron chi connectivity index (χ3n) is 1.97. The van der Waals surface area contributed by atoms with Crippen molar-refractivity contribution in [3.63, 3.8) is 0 Å². The van der Waals surface area contributed by atoms with Gasteiger partial charge in [-0.05, 0) is 26.1 Å². The number of hydrogen-bond donors (Lipinski definition) is 0. The van der Waals surface area contributed by atoms with Crippen molar-refractivity contribution >= 4 is 34.1 Å². The van der Waals surface area contributed by atoms with Gasteiger partial charge in [0.1, 0.15) is 5.92 Å². The highest BCUT2D eigenvalue weighted by atomic mass is 32.2. The van der Waals surface area contributed by atoms with Crippen molar-refractivity contribution in [3.8, 4) is 0 Å². The molecule has 0 aromatic carbocycles. The summed E-state index contributed by atoms with van der Waals surface area (Å²) in [5.74, 6) is 0.506. The maximum Gasteiger partial charge on any atom is 0.220 e. The van der Waals surface area contributed by atoms with E-state index >= 15 is 0 Å². The third kappa shape index (κ3) is 3.50. The Morgan fingerprint density at radius 2 is 2.36 bits per heavy atom. The fraction of sp³-hybridized carbons (Fsp3) is 0.700. The minimum absolute atomic E-state index is 0.0243. The first kappa shape index (κ1) is 11.9. The highest BCUT2D eigenvalue weighted by Crippen LogP contribution is 2.31. The Bertz CT molecular complexity index is 238. The van der Waals surface area contributed by atoms with Gasteiger partial charge in [-0.1, -0.05) is 11.8 Å². The molecule has 0 saturated heterocycles. The molecule has 0 aromatic heterocycles. The highest BCUT2D eigenvalue weighted by Gasteiger charge is 2.35. The topological polar surface area (TPSA) is 26.3 Å². The van der Waals surface area contributed by atoms with Gasteiger partial charge in [-0.3, -0.25) is 4.79 Å². The SMILES string of the molecule is [CH2+]C1CC(=O)C(SC(=S)OC(C)C)C1. The fourth-order valence-corrected chi connectivity index (χ4v) is 3.00. The van der Waals surface area contributed by atoms with Crippen LogP contribution in [0.2, 0.25) is 0 Å². The normalized spacial score (nSPS) is 26.9. The summed E-state index contributed by atoms with van der Waals surface area (Å²) in [6, 6.07) is 0. The van der Waals surface area contributed by atoms with E-state index in [-0.39, 0.29) is 23.1 Å². The summed E-state index contributed by atoms with van der Waals surface area (Å²) in [5, 5.41) is -0.0243. The van der Waals surface area contributed by atoms with Gasteiger partial charge in [-0.15, -0.1) is 0 Å². The van der Waals surface area contributed by atoms with Gasteiger partial charge in [0.15, 0.2) is 5.78 Å². The Kier molecular flexibility index (Phi) is 4.26. The molecule has 2 atom stereocenters. The lowest BCUT2D eigenvalue weighted by Gasteiger charge is -2.12. The summed E-state index contributed by atoms with van der Waals surface area (Å²) in [7, 11) is 0. The molecule has 1 aliphatic rings. The van der Waals surface area contributed by atoms with Gasteiger partial charge in [0.05, 0.1) is 24.7 Å². The number of Topliss-reactive ketones (excluding diaryl/α,β-unsaturated/α-hetero) is 1. The average molecular weight is 231 g/mol. The van der Waals surface area contributed by atoms with Crippen molar-refractivity contribution in [2.45, 2.75) is 38.0 Å². The lowest BCUT2D eigenvalue weighted by Crippen LogP contribution is -2.14. The van der Waals surface area contributed by atoms with Crippen molar-refractivity contribution in [1.29, 1.82) is 0 Å². The Hall–Kier alpha value is -0.220. The molecule has 14 heavy (non-hydrogen) atoms. The lowest BCUT2D eigenvalue weighted by molar-refractivity contribution is -0.117. The van der Waals surface area contributed by atoms with Crippen molar-refractivity contribution in [2.24, 2.45) is 5.92 Å². The first-order valence-corrected chi connectivity index (χ1v) is 6.01. The van der Waals surface area contributed by atoms with E-state index in [4.69, 9.17) is 17.0 Å². The van der Waals surface area contributed by atoms with Gasteiger partial charge in [-0.2, -0.15) is 0 Å². The molecule has 0 aromatic rings. The van der Waals surface area contributed by atoms with Gasteiger partial charge >= 0.3 is 0 Å². The quantitative estimate of drug-likeness (QED) is 0.539. The molecular weight excluding hydrogens is 216 g/mol. The van der Waals surface area contributed by atoms with E-state index in [1.807, 2.05) is 13.8 Å². The number of thioether (sulfide) groups is 1. The molecule has 1 saturated carbocycles. The third-order valence-corrected chi connectivity index (χ3v) is 3.38. The van der Waals surface area contributed by atoms with E-state index in [1.54, 1.807) is 0 Å². The average Bonchev–Trinajstić information content (AvgIpc) is 2.28. The molecule has 0 bridgehead atoms. The van der Waals surface area contributed by atoms with Crippen LogP contribution in [0.1, 0.15) is 26.7 Å². The zero-order chi connectivity index (χ0) is 10.7.